The van der Waals surface area contributed by atoms with Crippen LogP contribution in [-0.2, 0) is 17.9 Å². The molecular formula is C15H19Cl2NOS. The summed E-state index contributed by atoms with van der Waals surface area (Å²) >= 11 is 14.3. The molecule has 1 N–H and O–H groups in total. The summed E-state index contributed by atoms with van der Waals surface area (Å²) in [5.41, 5.74) is 1.15. The zero-order chi connectivity index (χ0) is 14.7. The number of nitrogens with one attached hydrogen (secondary N) is 1. The van der Waals surface area contributed by atoms with E-state index >= 15 is 0 Å². The van der Waals surface area contributed by atoms with E-state index in [9.17, 15) is 0 Å². The lowest BCUT2D eigenvalue weighted by molar-refractivity contribution is 0.185. The highest BCUT2D eigenvalue weighted by atomic mass is 35.5. The van der Waals surface area contributed by atoms with Crippen molar-refractivity contribution in [3.8, 4) is 0 Å². The van der Waals surface area contributed by atoms with Crippen LogP contribution < -0.4 is 5.32 Å². The van der Waals surface area contributed by atoms with Gasteiger partial charge in [-0.15, -0.1) is 11.3 Å². The lowest BCUT2D eigenvalue weighted by atomic mass is 10.1. The van der Waals surface area contributed by atoms with Crippen molar-refractivity contribution in [1.29, 1.82) is 0 Å². The molecule has 0 spiro atoms. The maximum atomic E-state index is 6.34. The van der Waals surface area contributed by atoms with E-state index in [1.54, 1.807) is 18.4 Å². The Bertz CT molecular complexity index is 595. The zero-order valence-corrected chi connectivity index (χ0v) is 14.3. The predicted molar refractivity (Wildman–Crippen MR) is 89.1 cm³/mol. The smallest absolute Gasteiger partial charge is 0.0731 e. The van der Waals surface area contributed by atoms with Gasteiger partial charge in [-0.1, -0.05) is 37.0 Å². The highest BCUT2D eigenvalue weighted by Gasteiger charge is 2.16. The Morgan fingerprint density at radius 1 is 1.25 bits per heavy atom. The first-order chi connectivity index (χ1) is 9.54. The Morgan fingerprint density at radius 3 is 2.60 bits per heavy atom. The van der Waals surface area contributed by atoms with Gasteiger partial charge in [0.2, 0.25) is 0 Å². The van der Waals surface area contributed by atoms with Gasteiger partial charge in [-0.3, -0.25) is 0 Å². The van der Waals surface area contributed by atoms with E-state index in [0.29, 0.717) is 12.5 Å². The Morgan fingerprint density at radius 2 is 1.95 bits per heavy atom. The molecule has 2 aromatic rings. The van der Waals surface area contributed by atoms with Gasteiger partial charge in [-0.05, 0) is 24.6 Å². The number of ether oxygens (including phenoxy) is 1. The number of fused-ring (bicyclic) bond motifs is 1. The maximum absolute atomic E-state index is 6.34. The van der Waals surface area contributed by atoms with Gasteiger partial charge in [0.1, 0.15) is 0 Å². The van der Waals surface area contributed by atoms with Crippen LogP contribution in [0.2, 0.25) is 10.0 Å². The summed E-state index contributed by atoms with van der Waals surface area (Å²) in [6.45, 7) is 6.76. The minimum absolute atomic E-state index is 0.554. The monoisotopic (exact) mass is 331 g/mol. The van der Waals surface area contributed by atoms with Gasteiger partial charge >= 0.3 is 0 Å². The lowest BCUT2D eigenvalue weighted by Crippen LogP contribution is -2.19. The molecule has 1 heterocycles. The topological polar surface area (TPSA) is 21.3 Å². The number of thiophene rings is 1. The summed E-state index contributed by atoms with van der Waals surface area (Å²) in [5.74, 6) is 0.627. The molecule has 20 heavy (non-hydrogen) atoms. The molecule has 0 aliphatic carbocycles. The Kier molecular flexibility index (Phi) is 5.70. The third-order valence-electron chi connectivity index (χ3n) is 3.05. The van der Waals surface area contributed by atoms with Crippen molar-refractivity contribution in [2.75, 3.05) is 13.7 Å². The molecule has 0 saturated heterocycles. The molecular weight excluding hydrogens is 313 g/mol. The normalized spacial score (nSPS) is 11.7. The molecule has 0 aliphatic heterocycles. The summed E-state index contributed by atoms with van der Waals surface area (Å²) in [6.07, 6.45) is 0. The third-order valence-corrected chi connectivity index (χ3v) is 5.06. The summed E-state index contributed by atoms with van der Waals surface area (Å²) < 4.78 is 6.38. The Hall–Kier alpha value is -0.320. The molecule has 0 bridgehead atoms. The standard InChI is InChI=1S/C15H19Cl2NOS/c1-9(2)6-18-7-13-10(8-19-3)14-11(16)4-5-12(17)15(14)20-13/h4-5,9,18H,6-8H2,1-3H3. The predicted octanol–water partition coefficient (Wildman–Crippen LogP) is 5.10. The molecule has 2 rings (SSSR count). The summed E-state index contributed by atoms with van der Waals surface area (Å²) in [6, 6.07) is 3.70. The molecule has 1 aromatic heterocycles. The van der Waals surface area contributed by atoms with Crippen molar-refractivity contribution >= 4 is 44.6 Å². The molecule has 5 heteroatoms. The fourth-order valence-electron chi connectivity index (χ4n) is 2.15. The first kappa shape index (κ1) is 16.1. The number of methoxy groups -OCH3 is 1. The molecule has 2 nitrogen and oxygen atoms in total. The van der Waals surface area contributed by atoms with Crippen molar-refractivity contribution in [2.24, 2.45) is 5.92 Å². The third kappa shape index (κ3) is 3.46. The lowest BCUT2D eigenvalue weighted by Gasteiger charge is -2.08. The molecule has 0 fully saturated rings. The van der Waals surface area contributed by atoms with Gasteiger partial charge in [0, 0.05) is 34.5 Å². The van der Waals surface area contributed by atoms with Crippen LogP contribution in [0.1, 0.15) is 24.3 Å². The highest BCUT2D eigenvalue weighted by molar-refractivity contribution is 7.20. The second-order valence-electron chi connectivity index (χ2n) is 5.19. The number of rotatable bonds is 6. The Balaban J connectivity index is 2.40. The summed E-state index contributed by atoms with van der Waals surface area (Å²) in [7, 11) is 1.70. The number of halogens is 2. The van der Waals surface area contributed by atoms with E-state index in [0.717, 1.165) is 38.8 Å². The van der Waals surface area contributed by atoms with Gasteiger partial charge in [0.15, 0.2) is 0 Å². The van der Waals surface area contributed by atoms with Crippen LogP contribution in [0.5, 0.6) is 0 Å². The highest BCUT2D eigenvalue weighted by Crippen LogP contribution is 2.40. The van der Waals surface area contributed by atoms with Crippen molar-refractivity contribution in [3.63, 3.8) is 0 Å². The second kappa shape index (κ2) is 7.10. The van der Waals surface area contributed by atoms with E-state index in [1.165, 1.54) is 4.88 Å². The molecule has 0 amide bonds. The molecule has 0 aliphatic rings. The first-order valence-corrected chi connectivity index (χ1v) is 8.19. The first-order valence-electron chi connectivity index (χ1n) is 6.62. The molecule has 0 atom stereocenters. The molecule has 0 radical (unpaired) electrons. The van der Waals surface area contributed by atoms with Gasteiger partial charge in [0.25, 0.3) is 0 Å². The van der Waals surface area contributed by atoms with E-state index in [4.69, 9.17) is 27.9 Å². The van der Waals surface area contributed by atoms with E-state index < -0.39 is 0 Å². The van der Waals surface area contributed by atoms with E-state index in [1.807, 2.05) is 12.1 Å². The van der Waals surface area contributed by atoms with Crippen molar-refractivity contribution < 1.29 is 4.74 Å². The van der Waals surface area contributed by atoms with Crippen molar-refractivity contribution in [3.05, 3.63) is 32.6 Å². The maximum Gasteiger partial charge on any atom is 0.0731 e. The van der Waals surface area contributed by atoms with Gasteiger partial charge in [-0.25, -0.2) is 0 Å². The minimum atomic E-state index is 0.554. The van der Waals surface area contributed by atoms with Crippen LogP contribution in [0.4, 0.5) is 0 Å². The fraction of sp³-hybridized carbons (Fsp3) is 0.467. The molecule has 110 valence electrons. The van der Waals surface area contributed by atoms with E-state index in [2.05, 4.69) is 19.2 Å². The van der Waals surface area contributed by atoms with Crippen LogP contribution in [0.15, 0.2) is 12.1 Å². The largest absolute Gasteiger partial charge is 0.380 e. The van der Waals surface area contributed by atoms with Gasteiger partial charge in [-0.2, -0.15) is 0 Å². The van der Waals surface area contributed by atoms with Crippen LogP contribution >= 0.6 is 34.5 Å². The quantitative estimate of drug-likeness (QED) is 0.794. The molecule has 0 saturated carbocycles. The zero-order valence-electron chi connectivity index (χ0n) is 11.9. The van der Waals surface area contributed by atoms with Crippen LogP contribution in [0.3, 0.4) is 0 Å². The number of hydrogen-bond donors (Lipinski definition) is 1. The van der Waals surface area contributed by atoms with Gasteiger partial charge in [0.05, 0.1) is 16.3 Å². The van der Waals surface area contributed by atoms with Crippen molar-refractivity contribution in [1.82, 2.24) is 5.32 Å². The molecule has 0 unspecified atom stereocenters. The average molecular weight is 332 g/mol. The van der Waals surface area contributed by atoms with E-state index in [-0.39, 0.29) is 0 Å². The average Bonchev–Trinajstić information content (AvgIpc) is 2.75. The van der Waals surface area contributed by atoms with Crippen LogP contribution in [0, 0.1) is 5.92 Å². The fourth-order valence-corrected chi connectivity index (χ4v) is 3.96. The number of benzene rings is 1. The SMILES string of the molecule is COCc1c(CNCC(C)C)sc2c(Cl)ccc(Cl)c12. The van der Waals surface area contributed by atoms with Crippen LogP contribution in [-0.4, -0.2) is 13.7 Å². The minimum Gasteiger partial charge on any atom is -0.380 e. The number of hydrogen-bond acceptors (Lipinski definition) is 3. The van der Waals surface area contributed by atoms with Gasteiger partial charge < -0.3 is 10.1 Å². The summed E-state index contributed by atoms with van der Waals surface area (Å²) in [5, 5.41) is 5.99. The second-order valence-corrected chi connectivity index (χ2v) is 7.11. The van der Waals surface area contributed by atoms with Crippen LogP contribution in [0.25, 0.3) is 10.1 Å². The Labute approximate surface area is 134 Å². The van der Waals surface area contributed by atoms with Crippen molar-refractivity contribution in [2.45, 2.75) is 27.0 Å². The summed E-state index contributed by atoms with van der Waals surface area (Å²) in [4.78, 5) is 1.25. The molecule has 1 aromatic carbocycles.